The molecule has 0 unspecified atom stereocenters. The second-order valence-electron chi connectivity index (χ2n) is 5.22. The Labute approximate surface area is 154 Å². The average molecular weight is 397 g/mol. The van der Waals surface area contributed by atoms with Crippen molar-refractivity contribution in [2.24, 2.45) is 0 Å². The number of anilines is 2. The fraction of sp³-hybridized carbons (Fsp3) is 0.267. The van der Waals surface area contributed by atoms with Crippen LogP contribution < -0.4 is 9.62 Å². The molecule has 0 spiro atoms. The molecule has 2 aromatic rings. The molecule has 1 aromatic carbocycles. The topological polar surface area (TPSA) is 92.3 Å². The molecular weight excluding hydrogens is 380 g/mol. The summed E-state index contributed by atoms with van der Waals surface area (Å²) in [4.78, 5) is 13.5. The predicted octanol–water partition coefficient (Wildman–Crippen LogP) is 2.74. The number of benzene rings is 1. The minimum atomic E-state index is -3.75. The van der Waals surface area contributed by atoms with Gasteiger partial charge < -0.3 is 4.90 Å². The summed E-state index contributed by atoms with van der Waals surface area (Å²) in [6.45, 7) is 4.29. The van der Waals surface area contributed by atoms with Crippen LogP contribution in [0.5, 0.6) is 0 Å². The Balaban J connectivity index is 1.72. The predicted molar refractivity (Wildman–Crippen MR) is 99.7 cm³/mol. The van der Waals surface area contributed by atoms with Gasteiger partial charge in [0.05, 0.1) is 4.90 Å². The first-order chi connectivity index (χ1) is 12.0. The van der Waals surface area contributed by atoms with Crippen LogP contribution >= 0.6 is 23.1 Å². The molecule has 0 aliphatic carbocycles. The number of thioether (sulfide) groups is 1. The molecule has 1 aromatic heterocycles. The highest BCUT2D eigenvalue weighted by Crippen LogP contribution is 2.28. The fourth-order valence-corrected chi connectivity index (χ4v) is 5.08. The first-order valence-corrected chi connectivity index (χ1v) is 10.8. The van der Waals surface area contributed by atoms with Crippen molar-refractivity contribution in [3.8, 4) is 0 Å². The Morgan fingerprint density at radius 3 is 2.72 bits per heavy atom. The first-order valence-electron chi connectivity index (χ1n) is 7.50. The van der Waals surface area contributed by atoms with Crippen LogP contribution in [0.4, 0.5) is 10.8 Å². The van der Waals surface area contributed by atoms with Gasteiger partial charge in [0.25, 0.3) is 10.0 Å². The van der Waals surface area contributed by atoms with E-state index in [1.165, 1.54) is 35.2 Å². The molecule has 1 aliphatic heterocycles. The van der Waals surface area contributed by atoms with Crippen molar-refractivity contribution in [2.75, 3.05) is 21.9 Å². The molecule has 1 aliphatic rings. The number of nitrogens with zero attached hydrogens (tertiary/aromatic N) is 3. The van der Waals surface area contributed by atoms with Gasteiger partial charge in [-0.3, -0.25) is 9.52 Å². The van der Waals surface area contributed by atoms with Gasteiger partial charge in [-0.25, -0.2) is 8.42 Å². The van der Waals surface area contributed by atoms with E-state index >= 15 is 0 Å². The summed E-state index contributed by atoms with van der Waals surface area (Å²) in [5.41, 5.74) is 0.709. The molecule has 25 heavy (non-hydrogen) atoms. The molecule has 10 heteroatoms. The number of amides is 1. The van der Waals surface area contributed by atoms with Gasteiger partial charge in [0.2, 0.25) is 11.0 Å². The van der Waals surface area contributed by atoms with E-state index in [4.69, 9.17) is 0 Å². The zero-order chi connectivity index (χ0) is 17.9. The maximum Gasteiger partial charge on any atom is 0.263 e. The highest BCUT2D eigenvalue weighted by molar-refractivity contribution is 8.01. The van der Waals surface area contributed by atoms with E-state index in [1.54, 1.807) is 23.1 Å². The second kappa shape index (κ2) is 7.54. The van der Waals surface area contributed by atoms with E-state index in [1.807, 2.05) is 0 Å². The van der Waals surface area contributed by atoms with Crippen LogP contribution in [0.15, 0.2) is 46.2 Å². The molecule has 1 fully saturated rings. The van der Waals surface area contributed by atoms with Crippen LogP contribution in [0.3, 0.4) is 0 Å². The van der Waals surface area contributed by atoms with E-state index < -0.39 is 10.0 Å². The van der Waals surface area contributed by atoms with Crippen LogP contribution in [-0.2, 0) is 14.8 Å². The lowest BCUT2D eigenvalue weighted by atomic mass is 10.3. The molecule has 1 amide bonds. The van der Waals surface area contributed by atoms with Crippen LogP contribution in [0.25, 0.3) is 0 Å². The highest BCUT2D eigenvalue weighted by Gasteiger charge is 2.23. The van der Waals surface area contributed by atoms with E-state index in [0.29, 0.717) is 28.7 Å². The van der Waals surface area contributed by atoms with Crippen LogP contribution in [0.1, 0.15) is 12.8 Å². The Bertz CT molecular complexity index is 878. The van der Waals surface area contributed by atoms with Crippen molar-refractivity contribution < 1.29 is 13.2 Å². The van der Waals surface area contributed by atoms with Crippen molar-refractivity contribution in [3.63, 3.8) is 0 Å². The molecule has 0 bridgehead atoms. The minimum Gasteiger partial charge on any atom is -0.312 e. The standard InChI is InChI=1S/C15H16N4O3S3/c1-2-10-23-15-17-16-14(24-15)18-25(21,22)12-7-5-11(6-8-12)19-9-3-4-13(19)20/h2,5-8H,1,3-4,9-10H2,(H,16,18). The largest absolute Gasteiger partial charge is 0.312 e. The number of rotatable bonds is 7. The summed E-state index contributed by atoms with van der Waals surface area (Å²) in [7, 11) is -3.75. The number of sulfonamides is 1. The third-order valence-corrected chi connectivity index (χ3v) is 6.94. The monoisotopic (exact) mass is 396 g/mol. The molecule has 0 atom stereocenters. The third kappa shape index (κ3) is 4.20. The first kappa shape index (κ1) is 17.9. The lowest BCUT2D eigenvalue weighted by Gasteiger charge is -2.15. The molecular formula is C15H16N4O3S3. The zero-order valence-corrected chi connectivity index (χ0v) is 15.7. The molecule has 132 valence electrons. The molecule has 7 nitrogen and oxygen atoms in total. The van der Waals surface area contributed by atoms with E-state index in [2.05, 4.69) is 21.5 Å². The van der Waals surface area contributed by atoms with Gasteiger partial charge in [-0.15, -0.1) is 16.8 Å². The molecule has 1 saturated heterocycles. The maximum absolute atomic E-state index is 12.4. The summed E-state index contributed by atoms with van der Waals surface area (Å²) in [5.74, 6) is 0.741. The number of carbonyl (C=O) groups excluding carboxylic acids is 1. The quantitative estimate of drug-likeness (QED) is 0.571. The summed E-state index contributed by atoms with van der Waals surface area (Å²) in [6.07, 6.45) is 3.09. The molecule has 2 heterocycles. The van der Waals surface area contributed by atoms with Crippen molar-refractivity contribution in [1.29, 1.82) is 0 Å². The Hall–Kier alpha value is -1.91. The maximum atomic E-state index is 12.4. The van der Waals surface area contributed by atoms with Crippen molar-refractivity contribution in [1.82, 2.24) is 10.2 Å². The summed E-state index contributed by atoms with van der Waals surface area (Å²) in [6, 6.07) is 6.25. The number of aromatic nitrogens is 2. The smallest absolute Gasteiger partial charge is 0.263 e. The van der Waals surface area contributed by atoms with E-state index in [9.17, 15) is 13.2 Å². The number of hydrogen-bond acceptors (Lipinski definition) is 7. The minimum absolute atomic E-state index is 0.0622. The summed E-state index contributed by atoms with van der Waals surface area (Å²) in [5, 5.41) is 7.97. The van der Waals surface area contributed by atoms with Gasteiger partial charge in [0.15, 0.2) is 4.34 Å². The lowest BCUT2D eigenvalue weighted by Crippen LogP contribution is -2.23. The third-order valence-electron chi connectivity index (χ3n) is 3.48. The van der Waals surface area contributed by atoms with Gasteiger partial charge in [0.1, 0.15) is 0 Å². The average Bonchev–Trinajstić information content (AvgIpc) is 3.21. The van der Waals surface area contributed by atoms with E-state index in [0.717, 1.165) is 6.42 Å². The number of nitrogens with one attached hydrogen (secondary N) is 1. The number of carbonyl (C=O) groups is 1. The van der Waals surface area contributed by atoms with Crippen LogP contribution in [-0.4, -0.2) is 36.8 Å². The Kier molecular flexibility index (Phi) is 5.40. The van der Waals surface area contributed by atoms with Crippen LogP contribution in [0, 0.1) is 0 Å². The molecule has 3 rings (SSSR count). The van der Waals surface area contributed by atoms with Crippen molar-refractivity contribution in [3.05, 3.63) is 36.9 Å². The normalized spacial score (nSPS) is 14.7. The molecule has 0 saturated carbocycles. The molecule has 1 N–H and O–H groups in total. The van der Waals surface area contributed by atoms with Gasteiger partial charge >= 0.3 is 0 Å². The molecule has 0 radical (unpaired) electrons. The second-order valence-corrected chi connectivity index (χ2v) is 9.15. The summed E-state index contributed by atoms with van der Waals surface area (Å²) < 4.78 is 28.0. The van der Waals surface area contributed by atoms with Gasteiger partial charge in [0, 0.05) is 24.4 Å². The van der Waals surface area contributed by atoms with Gasteiger partial charge in [-0.1, -0.05) is 29.2 Å². The zero-order valence-electron chi connectivity index (χ0n) is 13.2. The number of hydrogen-bond donors (Lipinski definition) is 1. The SMILES string of the molecule is C=CCSc1nnc(NS(=O)(=O)c2ccc(N3CCCC3=O)cc2)s1. The lowest BCUT2D eigenvalue weighted by molar-refractivity contribution is -0.117. The Morgan fingerprint density at radius 2 is 2.08 bits per heavy atom. The fourth-order valence-electron chi connectivity index (χ4n) is 2.34. The van der Waals surface area contributed by atoms with E-state index in [-0.39, 0.29) is 15.9 Å². The highest BCUT2D eigenvalue weighted by atomic mass is 32.2. The van der Waals surface area contributed by atoms with Crippen molar-refractivity contribution in [2.45, 2.75) is 22.1 Å². The summed E-state index contributed by atoms with van der Waals surface area (Å²) >= 11 is 2.60. The Morgan fingerprint density at radius 1 is 1.32 bits per heavy atom. The van der Waals surface area contributed by atoms with Crippen LogP contribution in [0.2, 0.25) is 0 Å². The van der Waals surface area contributed by atoms with Crippen molar-refractivity contribution >= 4 is 49.8 Å². The van der Waals surface area contributed by atoms with Gasteiger partial charge in [-0.2, -0.15) is 0 Å². The van der Waals surface area contributed by atoms with Gasteiger partial charge in [-0.05, 0) is 30.7 Å².